The summed E-state index contributed by atoms with van der Waals surface area (Å²) in [6, 6.07) is 0. The summed E-state index contributed by atoms with van der Waals surface area (Å²) in [5, 5.41) is 0. The van der Waals surface area contributed by atoms with Crippen molar-refractivity contribution in [3.8, 4) is 0 Å². The van der Waals surface area contributed by atoms with Crippen LogP contribution in [0, 0.1) is 11.8 Å². The second kappa shape index (κ2) is 4.64. The van der Waals surface area contributed by atoms with Gasteiger partial charge in [-0.05, 0) is 18.8 Å². The standard InChI is InChI=1S/C11H21NO/c1-4-10-6-5-7-12(8-10)11(13)9(2)3/h9-10H,4-8H2,1-3H3/t10-/m1/s1. The number of amides is 1. The number of piperidine rings is 1. The Kier molecular flexibility index (Phi) is 3.76. The van der Waals surface area contributed by atoms with Crippen LogP contribution in [0.25, 0.3) is 0 Å². The molecule has 0 bridgehead atoms. The first-order chi connectivity index (χ1) is 6.15. The van der Waals surface area contributed by atoms with Crippen LogP contribution in [-0.4, -0.2) is 23.9 Å². The topological polar surface area (TPSA) is 20.3 Å². The van der Waals surface area contributed by atoms with E-state index in [1.54, 1.807) is 0 Å². The second-order valence-electron chi connectivity index (χ2n) is 4.36. The fraction of sp³-hybridized carbons (Fsp3) is 0.909. The highest BCUT2D eigenvalue weighted by Gasteiger charge is 2.23. The summed E-state index contributed by atoms with van der Waals surface area (Å²) in [5.74, 6) is 1.24. The zero-order chi connectivity index (χ0) is 9.84. The van der Waals surface area contributed by atoms with Gasteiger partial charge in [-0.1, -0.05) is 27.2 Å². The molecule has 1 rings (SSSR count). The van der Waals surface area contributed by atoms with E-state index in [0.717, 1.165) is 19.0 Å². The van der Waals surface area contributed by atoms with Crippen molar-refractivity contribution in [2.45, 2.75) is 40.0 Å². The predicted octanol–water partition coefficient (Wildman–Crippen LogP) is 2.29. The molecule has 2 nitrogen and oxygen atoms in total. The molecule has 1 atom stereocenters. The van der Waals surface area contributed by atoms with Gasteiger partial charge in [-0.25, -0.2) is 0 Å². The van der Waals surface area contributed by atoms with Crippen LogP contribution in [0.4, 0.5) is 0 Å². The van der Waals surface area contributed by atoms with Crippen LogP contribution < -0.4 is 0 Å². The number of nitrogens with zero attached hydrogens (tertiary/aromatic N) is 1. The van der Waals surface area contributed by atoms with Crippen molar-refractivity contribution in [3.05, 3.63) is 0 Å². The van der Waals surface area contributed by atoms with Gasteiger partial charge in [0.15, 0.2) is 0 Å². The summed E-state index contributed by atoms with van der Waals surface area (Å²) in [6.45, 7) is 8.16. The van der Waals surface area contributed by atoms with Crippen LogP contribution in [0.5, 0.6) is 0 Å². The van der Waals surface area contributed by atoms with E-state index in [9.17, 15) is 4.79 Å². The summed E-state index contributed by atoms with van der Waals surface area (Å²) in [7, 11) is 0. The molecule has 0 spiro atoms. The lowest BCUT2D eigenvalue weighted by Crippen LogP contribution is -2.41. The average molecular weight is 183 g/mol. The Morgan fingerprint density at radius 1 is 1.54 bits per heavy atom. The van der Waals surface area contributed by atoms with E-state index in [1.165, 1.54) is 19.3 Å². The maximum absolute atomic E-state index is 11.7. The van der Waals surface area contributed by atoms with Gasteiger partial charge in [0, 0.05) is 19.0 Å². The molecule has 1 aliphatic rings. The first-order valence-electron chi connectivity index (χ1n) is 5.44. The van der Waals surface area contributed by atoms with Crippen LogP contribution in [0.2, 0.25) is 0 Å². The highest BCUT2D eigenvalue weighted by Crippen LogP contribution is 2.20. The number of hydrogen-bond acceptors (Lipinski definition) is 1. The molecule has 0 saturated carbocycles. The molecule has 0 N–H and O–H groups in total. The van der Waals surface area contributed by atoms with Gasteiger partial charge >= 0.3 is 0 Å². The fourth-order valence-corrected chi connectivity index (χ4v) is 1.96. The predicted molar refractivity (Wildman–Crippen MR) is 54.4 cm³/mol. The lowest BCUT2D eigenvalue weighted by Gasteiger charge is -2.33. The van der Waals surface area contributed by atoms with Crippen molar-refractivity contribution in [2.24, 2.45) is 11.8 Å². The van der Waals surface area contributed by atoms with Gasteiger partial charge in [-0.3, -0.25) is 4.79 Å². The molecule has 0 aromatic rings. The smallest absolute Gasteiger partial charge is 0.225 e. The maximum atomic E-state index is 11.7. The van der Waals surface area contributed by atoms with Gasteiger partial charge in [-0.15, -0.1) is 0 Å². The van der Waals surface area contributed by atoms with E-state index in [0.29, 0.717) is 5.91 Å². The quantitative estimate of drug-likeness (QED) is 0.643. The zero-order valence-electron chi connectivity index (χ0n) is 9.05. The van der Waals surface area contributed by atoms with E-state index >= 15 is 0 Å². The fourth-order valence-electron chi connectivity index (χ4n) is 1.96. The highest BCUT2D eigenvalue weighted by molar-refractivity contribution is 5.78. The summed E-state index contributed by atoms with van der Waals surface area (Å²) >= 11 is 0. The average Bonchev–Trinajstić information content (AvgIpc) is 2.16. The number of hydrogen-bond donors (Lipinski definition) is 0. The first kappa shape index (κ1) is 10.6. The molecule has 1 amide bonds. The molecule has 2 heteroatoms. The molecule has 0 unspecified atom stereocenters. The Morgan fingerprint density at radius 3 is 2.77 bits per heavy atom. The zero-order valence-corrected chi connectivity index (χ0v) is 9.05. The summed E-state index contributed by atoms with van der Waals surface area (Å²) in [4.78, 5) is 13.7. The van der Waals surface area contributed by atoms with Gasteiger partial charge in [0.1, 0.15) is 0 Å². The normalized spacial score (nSPS) is 23.7. The third kappa shape index (κ3) is 2.71. The first-order valence-corrected chi connectivity index (χ1v) is 5.44. The van der Waals surface area contributed by atoms with Crippen LogP contribution in [0.3, 0.4) is 0 Å². The lowest BCUT2D eigenvalue weighted by molar-refractivity contribution is -0.136. The molecule has 13 heavy (non-hydrogen) atoms. The highest BCUT2D eigenvalue weighted by atomic mass is 16.2. The molecule has 1 saturated heterocycles. The Balaban J connectivity index is 2.46. The van der Waals surface area contributed by atoms with Gasteiger partial charge < -0.3 is 4.90 Å². The molecule has 1 fully saturated rings. The molecule has 0 radical (unpaired) electrons. The Hall–Kier alpha value is -0.530. The molecule has 0 aromatic heterocycles. The minimum Gasteiger partial charge on any atom is -0.342 e. The van der Waals surface area contributed by atoms with Gasteiger partial charge in [0.25, 0.3) is 0 Å². The SMILES string of the molecule is CC[C@@H]1CCCN(C(=O)C(C)C)C1. The third-order valence-electron chi connectivity index (χ3n) is 2.90. The number of likely N-dealkylation sites (tertiary alicyclic amines) is 1. The van der Waals surface area contributed by atoms with E-state index in [2.05, 4.69) is 6.92 Å². The second-order valence-corrected chi connectivity index (χ2v) is 4.36. The minimum absolute atomic E-state index is 0.163. The Morgan fingerprint density at radius 2 is 2.23 bits per heavy atom. The number of carbonyl (C=O) groups is 1. The monoisotopic (exact) mass is 183 g/mol. The number of carbonyl (C=O) groups excluding carboxylic acids is 1. The van der Waals surface area contributed by atoms with E-state index < -0.39 is 0 Å². The molecule has 1 aliphatic heterocycles. The van der Waals surface area contributed by atoms with Gasteiger partial charge in [0.05, 0.1) is 0 Å². The van der Waals surface area contributed by atoms with Crippen LogP contribution in [0.1, 0.15) is 40.0 Å². The summed E-state index contributed by atoms with van der Waals surface area (Å²) in [6.07, 6.45) is 3.71. The van der Waals surface area contributed by atoms with Crippen LogP contribution in [0.15, 0.2) is 0 Å². The molecule has 0 aliphatic carbocycles. The molecular formula is C11H21NO. The Bertz CT molecular complexity index is 177. The summed E-state index contributed by atoms with van der Waals surface area (Å²) in [5.41, 5.74) is 0. The van der Waals surface area contributed by atoms with E-state index in [4.69, 9.17) is 0 Å². The van der Waals surface area contributed by atoms with Gasteiger partial charge in [0.2, 0.25) is 5.91 Å². The van der Waals surface area contributed by atoms with Crippen LogP contribution in [-0.2, 0) is 4.79 Å². The number of rotatable bonds is 2. The molecule has 1 heterocycles. The lowest BCUT2D eigenvalue weighted by atomic mass is 9.95. The maximum Gasteiger partial charge on any atom is 0.225 e. The molecule has 0 aromatic carbocycles. The molecule has 76 valence electrons. The van der Waals surface area contributed by atoms with E-state index in [1.807, 2.05) is 18.7 Å². The Labute approximate surface area is 81.3 Å². The molecular weight excluding hydrogens is 162 g/mol. The van der Waals surface area contributed by atoms with Gasteiger partial charge in [-0.2, -0.15) is 0 Å². The van der Waals surface area contributed by atoms with Crippen molar-refractivity contribution in [1.82, 2.24) is 4.90 Å². The largest absolute Gasteiger partial charge is 0.342 e. The van der Waals surface area contributed by atoms with Crippen LogP contribution >= 0.6 is 0 Å². The minimum atomic E-state index is 0.163. The third-order valence-corrected chi connectivity index (χ3v) is 2.90. The summed E-state index contributed by atoms with van der Waals surface area (Å²) < 4.78 is 0. The van der Waals surface area contributed by atoms with E-state index in [-0.39, 0.29) is 5.92 Å². The van der Waals surface area contributed by atoms with Crippen molar-refractivity contribution < 1.29 is 4.79 Å². The van der Waals surface area contributed by atoms with Crippen molar-refractivity contribution in [3.63, 3.8) is 0 Å². The van der Waals surface area contributed by atoms with Crippen molar-refractivity contribution in [2.75, 3.05) is 13.1 Å². The van der Waals surface area contributed by atoms with Crippen molar-refractivity contribution >= 4 is 5.91 Å². The van der Waals surface area contributed by atoms with Crippen molar-refractivity contribution in [1.29, 1.82) is 0 Å².